The zero-order chi connectivity index (χ0) is 16.4. The molecule has 4 nitrogen and oxygen atoms in total. The van der Waals surface area contributed by atoms with Gasteiger partial charge in [-0.05, 0) is 35.8 Å². The molecule has 0 spiro atoms. The first-order valence-corrected chi connectivity index (χ1v) is 7.42. The molecule has 2 aromatic carbocycles. The quantitative estimate of drug-likeness (QED) is 0.492. The minimum Gasteiger partial charge on any atom is -0.452 e. The van der Waals surface area contributed by atoms with Crippen molar-refractivity contribution >= 4 is 17.8 Å². The number of hydrogen-bond acceptors (Lipinski definition) is 4. The Hall–Kier alpha value is -2.88. The predicted octanol–water partition coefficient (Wildman–Crippen LogP) is 3.79. The normalized spacial score (nSPS) is 14.5. The molecule has 0 bridgehead atoms. The van der Waals surface area contributed by atoms with E-state index in [0.29, 0.717) is 17.1 Å². The molecule has 0 saturated heterocycles. The number of rotatable bonds is 3. The van der Waals surface area contributed by atoms with Gasteiger partial charge in [-0.25, -0.2) is 0 Å². The van der Waals surface area contributed by atoms with Gasteiger partial charge in [-0.15, -0.1) is 0 Å². The zero-order valence-electron chi connectivity index (χ0n) is 13.0. The van der Waals surface area contributed by atoms with Crippen molar-refractivity contribution in [3.05, 3.63) is 64.9 Å². The third-order valence-electron chi connectivity index (χ3n) is 3.59. The summed E-state index contributed by atoms with van der Waals surface area (Å²) in [4.78, 5) is 23.4. The van der Waals surface area contributed by atoms with Crippen molar-refractivity contribution in [2.75, 3.05) is 0 Å². The van der Waals surface area contributed by atoms with Gasteiger partial charge in [-0.2, -0.15) is 0 Å². The standard InChI is InChI=1S/C19H16O4/c1-3-13-4-6-14(7-5-13)10-18-19(21)16-9-8-15(22-12(2)20)11-17(16)23-18/h4-11H,3H2,1-2H3. The second-order valence-electron chi connectivity index (χ2n) is 5.29. The molecular formula is C19H16O4. The molecular weight excluding hydrogens is 292 g/mol. The lowest BCUT2D eigenvalue weighted by molar-refractivity contribution is -0.131. The third-order valence-corrected chi connectivity index (χ3v) is 3.59. The summed E-state index contributed by atoms with van der Waals surface area (Å²) in [6.45, 7) is 3.42. The first-order valence-electron chi connectivity index (χ1n) is 7.42. The topological polar surface area (TPSA) is 52.6 Å². The average Bonchev–Trinajstić information content (AvgIpc) is 2.83. The van der Waals surface area contributed by atoms with Gasteiger partial charge < -0.3 is 9.47 Å². The minimum atomic E-state index is -0.416. The van der Waals surface area contributed by atoms with Crippen LogP contribution >= 0.6 is 0 Å². The highest BCUT2D eigenvalue weighted by Crippen LogP contribution is 2.34. The monoisotopic (exact) mass is 308 g/mol. The first-order chi connectivity index (χ1) is 11.1. The van der Waals surface area contributed by atoms with Crippen LogP contribution in [0.2, 0.25) is 0 Å². The summed E-state index contributed by atoms with van der Waals surface area (Å²) < 4.78 is 10.6. The average molecular weight is 308 g/mol. The Balaban J connectivity index is 1.87. The largest absolute Gasteiger partial charge is 0.452 e. The van der Waals surface area contributed by atoms with Crippen LogP contribution in [0.5, 0.6) is 11.5 Å². The molecule has 2 aromatic rings. The molecule has 4 heteroatoms. The molecule has 0 aromatic heterocycles. The summed E-state index contributed by atoms with van der Waals surface area (Å²) in [6.07, 6.45) is 2.68. The van der Waals surface area contributed by atoms with Crippen molar-refractivity contribution in [1.82, 2.24) is 0 Å². The molecule has 0 atom stereocenters. The minimum absolute atomic E-state index is 0.172. The van der Waals surface area contributed by atoms with Gasteiger partial charge in [0.1, 0.15) is 11.5 Å². The first kappa shape index (κ1) is 15.0. The van der Waals surface area contributed by atoms with Gasteiger partial charge in [-0.1, -0.05) is 31.2 Å². The highest BCUT2D eigenvalue weighted by Gasteiger charge is 2.27. The number of aryl methyl sites for hydroxylation is 1. The molecule has 0 aliphatic carbocycles. The van der Waals surface area contributed by atoms with Gasteiger partial charge >= 0.3 is 5.97 Å². The van der Waals surface area contributed by atoms with Crippen molar-refractivity contribution < 1.29 is 19.1 Å². The molecule has 23 heavy (non-hydrogen) atoms. The van der Waals surface area contributed by atoms with Gasteiger partial charge in [0.25, 0.3) is 0 Å². The van der Waals surface area contributed by atoms with E-state index in [-0.39, 0.29) is 11.5 Å². The molecule has 0 unspecified atom stereocenters. The fourth-order valence-corrected chi connectivity index (χ4v) is 2.40. The Bertz CT molecular complexity index is 801. The van der Waals surface area contributed by atoms with E-state index in [1.165, 1.54) is 12.5 Å². The molecule has 3 rings (SSSR count). The number of fused-ring (bicyclic) bond motifs is 1. The predicted molar refractivity (Wildman–Crippen MR) is 86.5 cm³/mol. The van der Waals surface area contributed by atoms with Gasteiger partial charge in [0.05, 0.1) is 5.56 Å². The van der Waals surface area contributed by atoms with Crippen LogP contribution in [-0.2, 0) is 11.2 Å². The molecule has 1 aliphatic heterocycles. The summed E-state index contributed by atoms with van der Waals surface area (Å²) in [5.74, 6) is 0.446. The van der Waals surface area contributed by atoms with Gasteiger partial charge in [-0.3, -0.25) is 9.59 Å². The van der Waals surface area contributed by atoms with Gasteiger partial charge in [0.15, 0.2) is 5.76 Å². The fraction of sp³-hybridized carbons (Fsp3) is 0.158. The number of carbonyl (C=O) groups is 2. The number of esters is 1. The van der Waals surface area contributed by atoms with E-state index in [1.807, 2.05) is 24.3 Å². The van der Waals surface area contributed by atoms with Crippen LogP contribution < -0.4 is 9.47 Å². The number of ketones is 1. The highest BCUT2D eigenvalue weighted by molar-refractivity contribution is 6.14. The molecule has 0 N–H and O–H groups in total. The van der Waals surface area contributed by atoms with Crippen LogP contribution in [0, 0.1) is 0 Å². The van der Waals surface area contributed by atoms with Crippen LogP contribution in [0.15, 0.2) is 48.2 Å². The number of allylic oxidation sites excluding steroid dienone is 1. The Morgan fingerprint density at radius 3 is 2.57 bits per heavy atom. The van der Waals surface area contributed by atoms with E-state index in [2.05, 4.69) is 6.92 Å². The highest BCUT2D eigenvalue weighted by atomic mass is 16.5. The van der Waals surface area contributed by atoms with E-state index in [4.69, 9.17) is 9.47 Å². The fourth-order valence-electron chi connectivity index (χ4n) is 2.40. The Kier molecular flexibility index (Phi) is 3.98. The molecule has 0 radical (unpaired) electrons. The molecule has 0 saturated carbocycles. The number of carbonyl (C=O) groups excluding carboxylic acids is 2. The Morgan fingerprint density at radius 1 is 1.17 bits per heavy atom. The molecule has 1 aliphatic rings. The number of benzene rings is 2. The third kappa shape index (κ3) is 3.16. The van der Waals surface area contributed by atoms with Crippen molar-refractivity contribution in [1.29, 1.82) is 0 Å². The Labute approximate surface area is 134 Å². The van der Waals surface area contributed by atoms with E-state index in [1.54, 1.807) is 24.3 Å². The van der Waals surface area contributed by atoms with Gasteiger partial charge in [0.2, 0.25) is 5.78 Å². The molecule has 1 heterocycles. The summed E-state index contributed by atoms with van der Waals surface area (Å²) in [7, 11) is 0. The zero-order valence-corrected chi connectivity index (χ0v) is 13.0. The van der Waals surface area contributed by atoms with Crippen LogP contribution in [-0.4, -0.2) is 11.8 Å². The lowest BCUT2D eigenvalue weighted by Gasteiger charge is -2.03. The maximum absolute atomic E-state index is 12.4. The van der Waals surface area contributed by atoms with Crippen LogP contribution in [0.3, 0.4) is 0 Å². The van der Waals surface area contributed by atoms with Crippen LogP contribution in [0.1, 0.15) is 35.3 Å². The van der Waals surface area contributed by atoms with Crippen molar-refractivity contribution in [2.24, 2.45) is 0 Å². The van der Waals surface area contributed by atoms with Crippen LogP contribution in [0.25, 0.3) is 6.08 Å². The Morgan fingerprint density at radius 2 is 1.91 bits per heavy atom. The van der Waals surface area contributed by atoms with E-state index < -0.39 is 5.97 Å². The van der Waals surface area contributed by atoms with Crippen molar-refractivity contribution in [3.63, 3.8) is 0 Å². The summed E-state index contributed by atoms with van der Waals surface area (Å²) in [6, 6.07) is 12.7. The summed E-state index contributed by atoms with van der Waals surface area (Å²) in [5, 5.41) is 0. The van der Waals surface area contributed by atoms with Crippen LogP contribution in [0.4, 0.5) is 0 Å². The maximum atomic E-state index is 12.4. The second kappa shape index (κ2) is 6.08. The lowest BCUT2D eigenvalue weighted by Crippen LogP contribution is -2.01. The number of ether oxygens (including phenoxy) is 2. The van der Waals surface area contributed by atoms with E-state index in [9.17, 15) is 9.59 Å². The van der Waals surface area contributed by atoms with Crippen molar-refractivity contribution in [3.8, 4) is 11.5 Å². The van der Waals surface area contributed by atoms with E-state index in [0.717, 1.165) is 12.0 Å². The van der Waals surface area contributed by atoms with E-state index >= 15 is 0 Å². The smallest absolute Gasteiger partial charge is 0.308 e. The summed E-state index contributed by atoms with van der Waals surface area (Å²) >= 11 is 0. The van der Waals surface area contributed by atoms with Crippen molar-refractivity contribution in [2.45, 2.75) is 20.3 Å². The number of Topliss-reactive ketones (excluding diaryl/α,β-unsaturated/α-hetero) is 1. The SMILES string of the molecule is CCc1ccc(C=C2Oc3cc(OC(C)=O)ccc3C2=O)cc1. The molecule has 0 fully saturated rings. The molecule has 0 amide bonds. The summed E-state index contributed by atoms with van der Waals surface area (Å²) in [5.41, 5.74) is 2.61. The molecule has 116 valence electrons. The number of hydrogen-bond donors (Lipinski definition) is 0. The maximum Gasteiger partial charge on any atom is 0.308 e. The van der Waals surface area contributed by atoms with Gasteiger partial charge in [0, 0.05) is 13.0 Å². The lowest BCUT2D eigenvalue weighted by atomic mass is 10.1. The second-order valence-corrected chi connectivity index (χ2v) is 5.29.